The normalized spacial score (nSPS) is 9.94. The van der Waals surface area contributed by atoms with Crippen LogP contribution in [-0.2, 0) is 13.5 Å². The zero-order valence-corrected chi connectivity index (χ0v) is 9.94. The van der Waals surface area contributed by atoms with Crippen LogP contribution >= 0.6 is 0 Å². The first-order valence-electron chi connectivity index (χ1n) is 5.43. The Bertz CT molecular complexity index is 563. The quantitative estimate of drug-likeness (QED) is 0.870. The number of benzene rings is 1. The van der Waals surface area contributed by atoms with E-state index in [2.05, 4.69) is 16.5 Å². The van der Waals surface area contributed by atoms with Gasteiger partial charge in [-0.15, -0.1) is 0 Å². The Kier molecular flexibility index (Phi) is 3.10. The van der Waals surface area contributed by atoms with Crippen LogP contribution in [0, 0.1) is 11.3 Å². The van der Waals surface area contributed by atoms with Crippen molar-refractivity contribution in [2.45, 2.75) is 6.42 Å². The van der Waals surface area contributed by atoms with E-state index in [1.54, 1.807) is 4.68 Å². The minimum Gasteiger partial charge on any atom is -0.371 e. The van der Waals surface area contributed by atoms with Crippen LogP contribution in [0.15, 0.2) is 30.5 Å². The molecule has 0 aliphatic rings. The monoisotopic (exact) mass is 226 g/mol. The lowest BCUT2D eigenvalue weighted by atomic mass is 10.0. The van der Waals surface area contributed by atoms with Gasteiger partial charge in [-0.1, -0.05) is 18.2 Å². The lowest BCUT2D eigenvalue weighted by Gasteiger charge is -2.03. The molecule has 0 saturated carbocycles. The number of anilines is 1. The van der Waals surface area contributed by atoms with Crippen LogP contribution < -0.4 is 5.32 Å². The average Bonchev–Trinajstić information content (AvgIpc) is 2.70. The van der Waals surface area contributed by atoms with Gasteiger partial charge in [0, 0.05) is 32.3 Å². The second kappa shape index (κ2) is 4.71. The van der Waals surface area contributed by atoms with Gasteiger partial charge in [-0.25, -0.2) is 0 Å². The summed E-state index contributed by atoms with van der Waals surface area (Å²) in [7, 11) is 3.74. The molecule has 0 bridgehead atoms. The number of nitrogens with one attached hydrogen (secondary N) is 1. The van der Waals surface area contributed by atoms with E-state index >= 15 is 0 Å². The molecule has 0 saturated heterocycles. The van der Waals surface area contributed by atoms with Gasteiger partial charge >= 0.3 is 0 Å². The molecular formula is C13H14N4. The Labute approximate surface area is 100 Å². The zero-order chi connectivity index (χ0) is 12.3. The molecule has 0 amide bonds. The fourth-order valence-electron chi connectivity index (χ4n) is 1.87. The number of rotatable bonds is 3. The summed E-state index contributed by atoms with van der Waals surface area (Å²) in [4.78, 5) is 0. The summed E-state index contributed by atoms with van der Waals surface area (Å²) in [6.45, 7) is 0. The first-order valence-corrected chi connectivity index (χ1v) is 5.43. The summed E-state index contributed by atoms with van der Waals surface area (Å²) in [5, 5.41) is 16.4. The molecule has 17 heavy (non-hydrogen) atoms. The first-order chi connectivity index (χ1) is 8.24. The van der Waals surface area contributed by atoms with Crippen LogP contribution in [0.2, 0.25) is 0 Å². The van der Waals surface area contributed by atoms with E-state index < -0.39 is 0 Å². The van der Waals surface area contributed by atoms with Gasteiger partial charge < -0.3 is 5.32 Å². The lowest BCUT2D eigenvalue weighted by molar-refractivity contribution is 0.769. The average molecular weight is 226 g/mol. The summed E-state index contributed by atoms with van der Waals surface area (Å²) in [6.07, 6.45) is 2.69. The number of aromatic nitrogens is 2. The van der Waals surface area contributed by atoms with Crippen molar-refractivity contribution in [2.75, 3.05) is 12.4 Å². The summed E-state index contributed by atoms with van der Waals surface area (Å²) < 4.78 is 1.77. The first kappa shape index (κ1) is 11.2. The summed E-state index contributed by atoms with van der Waals surface area (Å²) in [5.41, 5.74) is 2.84. The Morgan fingerprint density at radius 3 is 2.82 bits per heavy atom. The molecule has 0 fully saturated rings. The number of nitriles is 1. The molecule has 2 aromatic rings. The van der Waals surface area contributed by atoms with Gasteiger partial charge in [0.1, 0.15) is 0 Å². The van der Waals surface area contributed by atoms with Crippen LogP contribution in [0.1, 0.15) is 16.7 Å². The fourth-order valence-corrected chi connectivity index (χ4v) is 1.87. The van der Waals surface area contributed by atoms with Gasteiger partial charge in [-0.2, -0.15) is 10.4 Å². The van der Waals surface area contributed by atoms with Gasteiger partial charge in [-0.05, 0) is 11.6 Å². The second-order valence-corrected chi connectivity index (χ2v) is 3.87. The molecule has 0 spiro atoms. The van der Waals surface area contributed by atoms with Crippen molar-refractivity contribution < 1.29 is 0 Å². The minimum atomic E-state index is 0.716. The third kappa shape index (κ3) is 2.28. The topological polar surface area (TPSA) is 53.6 Å². The predicted octanol–water partition coefficient (Wildman–Crippen LogP) is 1.92. The maximum absolute atomic E-state index is 9.04. The van der Waals surface area contributed by atoms with Crippen LogP contribution in [0.3, 0.4) is 0 Å². The lowest BCUT2D eigenvalue weighted by Crippen LogP contribution is -1.96. The third-order valence-electron chi connectivity index (χ3n) is 2.66. The maximum atomic E-state index is 9.04. The van der Waals surface area contributed by atoms with Crippen molar-refractivity contribution in [3.8, 4) is 6.07 Å². The molecule has 0 unspecified atom stereocenters. The zero-order valence-electron chi connectivity index (χ0n) is 9.94. The molecule has 1 aromatic carbocycles. The van der Waals surface area contributed by atoms with Gasteiger partial charge in [0.2, 0.25) is 0 Å². The standard InChI is InChI=1S/C13H14N4/c1-15-13-12(9-17(2)16-13)7-10-5-3-4-6-11(10)8-14/h3-6,9H,7H2,1-2H3,(H,15,16). The molecule has 0 aliphatic heterocycles. The smallest absolute Gasteiger partial charge is 0.151 e. The highest BCUT2D eigenvalue weighted by Crippen LogP contribution is 2.19. The summed E-state index contributed by atoms with van der Waals surface area (Å²) >= 11 is 0. The van der Waals surface area contributed by atoms with Crippen LogP contribution in [-0.4, -0.2) is 16.8 Å². The van der Waals surface area contributed by atoms with Gasteiger partial charge in [-0.3, -0.25) is 4.68 Å². The molecule has 4 nitrogen and oxygen atoms in total. The molecular weight excluding hydrogens is 212 g/mol. The largest absolute Gasteiger partial charge is 0.371 e. The highest BCUT2D eigenvalue weighted by atomic mass is 15.3. The van der Waals surface area contributed by atoms with Crippen molar-refractivity contribution in [2.24, 2.45) is 7.05 Å². The predicted molar refractivity (Wildman–Crippen MR) is 66.7 cm³/mol. The second-order valence-electron chi connectivity index (χ2n) is 3.87. The van der Waals surface area contributed by atoms with Crippen molar-refractivity contribution in [1.29, 1.82) is 5.26 Å². The highest BCUT2D eigenvalue weighted by Gasteiger charge is 2.09. The van der Waals surface area contributed by atoms with Crippen molar-refractivity contribution in [3.63, 3.8) is 0 Å². The van der Waals surface area contributed by atoms with Crippen molar-refractivity contribution in [3.05, 3.63) is 47.2 Å². The van der Waals surface area contributed by atoms with Crippen LogP contribution in [0.25, 0.3) is 0 Å². The van der Waals surface area contributed by atoms with E-state index in [0.29, 0.717) is 6.42 Å². The number of aryl methyl sites for hydroxylation is 1. The van der Waals surface area contributed by atoms with E-state index in [4.69, 9.17) is 5.26 Å². The van der Waals surface area contributed by atoms with Crippen molar-refractivity contribution >= 4 is 5.82 Å². The Morgan fingerprint density at radius 1 is 1.35 bits per heavy atom. The van der Waals surface area contributed by atoms with Crippen LogP contribution in [0.5, 0.6) is 0 Å². The Balaban J connectivity index is 2.35. The molecule has 0 radical (unpaired) electrons. The molecule has 2 rings (SSSR count). The molecule has 1 N–H and O–H groups in total. The van der Waals surface area contributed by atoms with E-state index in [0.717, 1.165) is 22.5 Å². The minimum absolute atomic E-state index is 0.716. The number of hydrogen-bond donors (Lipinski definition) is 1. The van der Waals surface area contributed by atoms with Gasteiger partial charge in [0.25, 0.3) is 0 Å². The van der Waals surface area contributed by atoms with Crippen LogP contribution in [0.4, 0.5) is 5.82 Å². The maximum Gasteiger partial charge on any atom is 0.151 e. The Hall–Kier alpha value is -2.28. The summed E-state index contributed by atoms with van der Waals surface area (Å²) in [5.74, 6) is 0.861. The molecule has 0 atom stereocenters. The van der Waals surface area contributed by atoms with E-state index in [9.17, 15) is 0 Å². The van der Waals surface area contributed by atoms with E-state index in [-0.39, 0.29) is 0 Å². The molecule has 1 aromatic heterocycles. The van der Waals surface area contributed by atoms with E-state index in [1.807, 2.05) is 44.6 Å². The molecule has 0 aliphatic carbocycles. The number of hydrogen-bond acceptors (Lipinski definition) is 3. The highest BCUT2D eigenvalue weighted by molar-refractivity contribution is 5.48. The molecule has 86 valence electrons. The fraction of sp³-hybridized carbons (Fsp3) is 0.231. The number of nitrogens with zero attached hydrogens (tertiary/aromatic N) is 3. The third-order valence-corrected chi connectivity index (χ3v) is 2.66. The van der Waals surface area contributed by atoms with Gasteiger partial charge in [0.05, 0.1) is 11.6 Å². The Morgan fingerprint density at radius 2 is 2.12 bits per heavy atom. The SMILES string of the molecule is CNc1nn(C)cc1Cc1ccccc1C#N. The molecule has 1 heterocycles. The van der Waals surface area contributed by atoms with Crippen molar-refractivity contribution in [1.82, 2.24) is 9.78 Å². The van der Waals surface area contributed by atoms with E-state index in [1.165, 1.54) is 0 Å². The van der Waals surface area contributed by atoms with Gasteiger partial charge in [0.15, 0.2) is 5.82 Å². The molecule has 4 heteroatoms. The summed E-state index contributed by atoms with van der Waals surface area (Å²) in [6, 6.07) is 9.86.